The largest absolute Gasteiger partial charge is 0.508 e. The number of phenolic OH excluding ortho intramolecular Hbond substituents is 1. The number of oxazole rings is 1. The summed E-state index contributed by atoms with van der Waals surface area (Å²) < 4.78 is 31.6. The number of hydrogen-bond donors (Lipinski definition) is 3. The second kappa shape index (κ2) is 4.67. The summed E-state index contributed by atoms with van der Waals surface area (Å²) in [6.07, 6.45) is 0. The third-order valence-electron chi connectivity index (χ3n) is 2.80. The smallest absolute Gasteiger partial charge is 0.417 e. The fourth-order valence-electron chi connectivity index (χ4n) is 1.88. The lowest BCUT2D eigenvalue weighted by atomic mass is 10.3. The van der Waals surface area contributed by atoms with E-state index in [9.17, 15) is 18.3 Å². The molecule has 0 spiro atoms. The lowest BCUT2D eigenvalue weighted by Gasteiger charge is -2.08. The number of anilines is 1. The molecule has 3 aromatic rings. The molecule has 0 radical (unpaired) electrons. The molecule has 21 heavy (non-hydrogen) atoms. The molecule has 0 aliphatic heterocycles. The number of hydrogen-bond acceptors (Lipinski definition) is 5. The standard InChI is InChI=1S/C13H10N2O5S/c16-9-3-1-2-8(6-9)15-21(18,19)10-4-5-11-12(7-10)20-13(17)14-11/h1-7,15-16H,(H,14,17). The number of fused-ring (bicyclic) bond motifs is 1. The van der Waals surface area contributed by atoms with E-state index in [1.54, 1.807) is 0 Å². The molecule has 8 heteroatoms. The van der Waals surface area contributed by atoms with Crippen LogP contribution in [0.5, 0.6) is 5.75 Å². The summed E-state index contributed by atoms with van der Waals surface area (Å²) in [5, 5.41) is 9.34. The molecule has 1 heterocycles. The van der Waals surface area contributed by atoms with Crippen LogP contribution in [0.1, 0.15) is 0 Å². The van der Waals surface area contributed by atoms with E-state index in [0.717, 1.165) is 0 Å². The fourth-order valence-corrected chi connectivity index (χ4v) is 2.94. The number of rotatable bonds is 3. The number of benzene rings is 2. The summed E-state index contributed by atoms with van der Waals surface area (Å²) in [6, 6.07) is 9.77. The summed E-state index contributed by atoms with van der Waals surface area (Å²) in [4.78, 5) is 13.4. The number of sulfonamides is 1. The van der Waals surface area contributed by atoms with Crippen LogP contribution in [-0.4, -0.2) is 18.5 Å². The van der Waals surface area contributed by atoms with Gasteiger partial charge in [-0.3, -0.25) is 9.71 Å². The highest BCUT2D eigenvalue weighted by atomic mass is 32.2. The molecule has 0 atom stereocenters. The minimum Gasteiger partial charge on any atom is -0.508 e. The third kappa shape index (κ3) is 2.61. The predicted molar refractivity (Wildman–Crippen MR) is 75.8 cm³/mol. The van der Waals surface area contributed by atoms with Crippen LogP contribution in [0, 0.1) is 0 Å². The van der Waals surface area contributed by atoms with E-state index in [2.05, 4.69) is 9.71 Å². The lowest BCUT2D eigenvalue weighted by Crippen LogP contribution is -2.12. The van der Waals surface area contributed by atoms with E-state index in [0.29, 0.717) is 5.52 Å². The Balaban J connectivity index is 2.01. The molecular formula is C13H10N2O5S. The first-order valence-electron chi connectivity index (χ1n) is 5.89. The maximum Gasteiger partial charge on any atom is 0.417 e. The van der Waals surface area contributed by atoms with Gasteiger partial charge in [0, 0.05) is 12.1 Å². The van der Waals surface area contributed by atoms with Gasteiger partial charge in [0.2, 0.25) is 0 Å². The SMILES string of the molecule is O=c1[nH]c2ccc(S(=O)(=O)Nc3cccc(O)c3)cc2o1. The van der Waals surface area contributed by atoms with Gasteiger partial charge in [-0.1, -0.05) is 6.07 Å². The molecule has 0 amide bonds. The van der Waals surface area contributed by atoms with Crippen molar-refractivity contribution in [2.24, 2.45) is 0 Å². The van der Waals surface area contributed by atoms with Crippen molar-refractivity contribution in [1.29, 1.82) is 0 Å². The van der Waals surface area contributed by atoms with Crippen molar-refractivity contribution in [2.45, 2.75) is 4.90 Å². The average molecular weight is 306 g/mol. The van der Waals surface area contributed by atoms with Gasteiger partial charge >= 0.3 is 5.76 Å². The van der Waals surface area contributed by atoms with Gasteiger partial charge in [-0.15, -0.1) is 0 Å². The summed E-state index contributed by atoms with van der Waals surface area (Å²) in [5.74, 6) is -0.706. The number of aromatic nitrogens is 1. The molecule has 3 N–H and O–H groups in total. The number of nitrogens with one attached hydrogen (secondary N) is 2. The van der Waals surface area contributed by atoms with Crippen molar-refractivity contribution in [3.8, 4) is 5.75 Å². The van der Waals surface area contributed by atoms with Gasteiger partial charge in [-0.05, 0) is 24.3 Å². The van der Waals surface area contributed by atoms with Crippen LogP contribution in [0.25, 0.3) is 11.1 Å². The zero-order chi connectivity index (χ0) is 15.0. The molecule has 0 unspecified atom stereocenters. The molecule has 108 valence electrons. The van der Waals surface area contributed by atoms with Crippen molar-refractivity contribution in [1.82, 2.24) is 4.98 Å². The van der Waals surface area contributed by atoms with Crippen LogP contribution in [-0.2, 0) is 10.0 Å². The minimum atomic E-state index is -3.85. The van der Waals surface area contributed by atoms with E-state index >= 15 is 0 Å². The van der Waals surface area contributed by atoms with Crippen LogP contribution < -0.4 is 10.5 Å². The molecule has 7 nitrogen and oxygen atoms in total. The van der Waals surface area contributed by atoms with Crippen molar-refractivity contribution >= 4 is 26.8 Å². The van der Waals surface area contributed by atoms with E-state index in [4.69, 9.17) is 4.42 Å². The normalized spacial score (nSPS) is 11.6. The molecule has 0 saturated carbocycles. The minimum absolute atomic E-state index is 0.0534. The number of aromatic amines is 1. The zero-order valence-corrected chi connectivity index (χ0v) is 11.3. The Hall–Kier alpha value is -2.74. The molecule has 3 rings (SSSR count). The molecule has 0 aliphatic carbocycles. The summed E-state index contributed by atoms with van der Waals surface area (Å²) >= 11 is 0. The van der Waals surface area contributed by atoms with Gasteiger partial charge in [-0.2, -0.15) is 0 Å². The third-order valence-corrected chi connectivity index (χ3v) is 4.18. The van der Waals surface area contributed by atoms with Gasteiger partial charge in [0.25, 0.3) is 10.0 Å². The fraction of sp³-hybridized carbons (Fsp3) is 0. The summed E-state index contributed by atoms with van der Waals surface area (Å²) in [7, 11) is -3.85. The highest BCUT2D eigenvalue weighted by Crippen LogP contribution is 2.21. The van der Waals surface area contributed by atoms with Crippen molar-refractivity contribution in [3.63, 3.8) is 0 Å². The van der Waals surface area contributed by atoms with E-state index in [1.807, 2.05) is 0 Å². The van der Waals surface area contributed by atoms with E-state index in [-0.39, 0.29) is 21.9 Å². The molecular weight excluding hydrogens is 296 g/mol. The zero-order valence-electron chi connectivity index (χ0n) is 10.5. The number of phenols is 1. The molecule has 1 aromatic heterocycles. The van der Waals surface area contributed by atoms with Crippen LogP contribution in [0.15, 0.2) is 56.6 Å². The van der Waals surface area contributed by atoms with Crippen molar-refractivity contribution in [2.75, 3.05) is 4.72 Å². The molecule has 0 saturated heterocycles. The van der Waals surface area contributed by atoms with Gasteiger partial charge in [0.15, 0.2) is 5.58 Å². The topological polar surface area (TPSA) is 112 Å². The quantitative estimate of drug-likeness (QED) is 0.680. The Kier molecular flexibility index (Phi) is 2.95. The predicted octanol–water partition coefficient (Wildman–Crippen LogP) is 1.63. The number of H-pyrrole nitrogens is 1. The highest BCUT2D eigenvalue weighted by molar-refractivity contribution is 7.92. The van der Waals surface area contributed by atoms with Gasteiger partial charge < -0.3 is 9.52 Å². The Labute approximate surface area is 118 Å². The van der Waals surface area contributed by atoms with Crippen LogP contribution in [0.3, 0.4) is 0 Å². The second-order valence-electron chi connectivity index (χ2n) is 4.33. The Morgan fingerprint density at radius 1 is 1.14 bits per heavy atom. The molecule has 0 aliphatic rings. The second-order valence-corrected chi connectivity index (χ2v) is 6.01. The highest BCUT2D eigenvalue weighted by Gasteiger charge is 2.16. The van der Waals surface area contributed by atoms with E-state index in [1.165, 1.54) is 42.5 Å². The lowest BCUT2D eigenvalue weighted by molar-refractivity contribution is 0.475. The maximum absolute atomic E-state index is 12.2. The van der Waals surface area contributed by atoms with Gasteiger partial charge in [-0.25, -0.2) is 13.2 Å². The summed E-state index contributed by atoms with van der Waals surface area (Å²) in [6.45, 7) is 0. The Morgan fingerprint density at radius 2 is 1.95 bits per heavy atom. The first-order valence-corrected chi connectivity index (χ1v) is 7.37. The van der Waals surface area contributed by atoms with Crippen molar-refractivity contribution < 1.29 is 17.9 Å². The van der Waals surface area contributed by atoms with Gasteiger partial charge in [0.1, 0.15) is 5.75 Å². The molecule has 0 bridgehead atoms. The first kappa shape index (κ1) is 13.3. The van der Waals surface area contributed by atoms with Crippen LogP contribution in [0.2, 0.25) is 0 Å². The Bertz CT molecular complexity index is 971. The summed E-state index contributed by atoms with van der Waals surface area (Å²) in [5.41, 5.74) is 0.792. The molecule has 0 fully saturated rings. The first-order chi connectivity index (χ1) is 9.94. The number of aromatic hydroxyl groups is 1. The Morgan fingerprint density at radius 3 is 2.71 bits per heavy atom. The molecule has 2 aromatic carbocycles. The van der Waals surface area contributed by atoms with E-state index < -0.39 is 15.8 Å². The van der Waals surface area contributed by atoms with Crippen molar-refractivity contribution in [3.05, 3.63) is 53.0 Å². The monoisotopic (exact) mass is 306 g/mol. The van der Waals surface area contributed by atoms with Crippen LogP contribution in [0.4, 0.5) is 5.69 Å². The average Bonchev–Trinajstić information content (AvgIpc) is 2.77. The maximum atomic E-state index is 12.2. The van der Waals surface area contributed by atoms with Crippen LogP contribution >= 0.6 is 0 Å². The van der Waals surface area contributed by atoms with Gasteiger partial charge in [0.05, 0.1) is 16.1 Å².